The van der Waals surface area contributed by atoms with Crippen LogP contribution >= 0.6 is 0 Å². The number of carbonyl (C=O) groups is 3. The fourth-order valence-corrected chi connectivity index (χ4v) is 7.10. The molecule has 0 aromatic heterocycles. The average molecular weight is 564 g/mol. The molecule has 7 heteroatoms. The van der Waals surface area contributed by atoms with Crippen molar-refractivity contribution in [3.05, 3.63) is 142 Å². The smallest absolute Gasteiger partial charge is 0.352 e. The monoisotopic (exact) mass is 563 g/mol. The lowest BCUT2D eigenvalue weighted by atomic mass is 9.64. The molecule has 7 rings (SSSR count). The molecule has 3 aliphatic rings. The summed E-state index contributed by atoms with van der Waals surface area (Å²) >= 11 is 0. The quantitative estimate of drug-likeness (QED) is 0.194. The summed E-state index contributed by atoms with van der Waals surface area (Å²) in [5.41, 5.74) is 1.05. The lowest BCUT2D eigenvalue weighted by Crippen LogP contribution is -2.48. The standard InChI is InChI=1S/C35H24F3NO3/c1-20-11-12-21-15-18-28-34(32(41)25-9-5-6-10-26(25)33(34)42)29(22-13-16-24(17-14-22)35(36,37)38)30(39(28)27(21)19-20)31(40)23-7-3-2-4-8-23/h2-19,28-30H,1H3/t28-,29+,30-/m1/s1. The highest BCUT2D eigenvalue weighted by atomic mass is 19.4. The van der Waals surface area contributed by atoms with Crippen molar-refractivity contribution in [1.29, 1.82) is 0 Å². The topological polar surface area (TPSA) is 54.5 Å². The molecule has 4 aromatic carbocycles. The molecule has 1 fully saturated rings. The lowest BCUT2D eigenvalue weighted by molar-refractivity contribution is -0.137. The van der Waals surface area contributed by atoms with Crippen LogP contribution in [0.15, 0.2) is 103 Å². The van der Waals surface area contributed by atoms with Crippen LogP contribution < -0.4 is 4.90 Å². The Bertz CT molecular complexity index is 1770. The van der Waals surface area contributed by atoms with Crippen LogP contribution in [-0.2, 0) is 6.18 Å². The SMILES string of the molecule is Cc1ccc2c(c1)N1[C@@H](C(=O)c3ccccc3)[C@H](c3ccc(C(F)(F)F)cc3)C3(C(=O)c4ccccc4C3=O)[C@H]1C=C2. The Balaban J connectivity index is 1.54. The average Bonchev–Trinajstić information content (AvgIpc) is 3.43. The van der Waals surface area contributed by atoms with E-state index in [-0.39, 0.29) is 16.9 Å². The molecule has 1 spiro atoms. The van der Waals surface area contributed by atoms with Crippen molar-refractivity contribution in [1.82, 2.24) is 0 Å². The van der Waals surface area contributed by atoms with E-state index >= 15 is 0 Å². The molecule has 0 amide bonds. The third-order valence-electron chi connectivity index (χ3n) is 8.89. The van der Waals surface area contributed by atoms with Gasteiger partial charge in [-0.1, -0.05) is 91.0 Å². The van der Waals surface area contributed by atoms with Gasteiger partial charge < -0.3 is 4.90 Å². The van der Waals surface area contributed by atoms with Crippen molar-refractivity contribution in [3.8, 4) is 0 Å². The van der Waals surface area contributed by atoms with Gasteiger partial charge in [0.15, 0.2) is 17.3 Å². The molecular weight excluding hydrogens is 539 g/mol. The molecule has 4 aromatic rings. The fourth-order valence-electron chi connectivity index (χ4n) is 7.10. The zero-order valence-electron chi connectivity index (χ0n) is 22.4. The van der Waals surface area contributed by atoms with Gasteiger partial charge >= 0.3 is 6.18 Å². The second-order valence-corrected chi connectivity index (χ2v) is 11.1. The van der Waals surface area contributed by atoms with E-state index in [2.05, 4.69) is 0 Å². The summed E-state index contributed by atoms with van der Waals surface area (Å²) in [6, 6.07) is 23.6. The number of Topliss-reactive ketones (excluding diaryl/α,β-unsaturated/α-hetero) is 3. The number of hydrogen-bond donors (Lipinski definition) is 0. The van der Waals surface area contributed by atoms with Crippen LogP contribution in [0.2, 0.25) is 0 Å². The Morgan fingerprint density at radius 2 is 1.43 bits per heavy atom. The Labute approximate surface area is 240 Å². The van der Waals surface area contributed by atoms with Crippen molar-refractivity contribution >= 4 is 29.1 Å². The van der Waals surface area contributed by atoms with Gasteiger partial charge in [0, 0.05) is 28.3 Å². The van der Waals surface area contributed by atoms with E-state index in [0.717, 1.165) is 23.3 Å². The van der Waals surface area contributed by atoms with Crippen LogP contribution in [0.3, 0.4) is 0 Å². The van der Waals surface area contributed by atoms with E-state index in [4.69, 9.17) is 0 Å². The summed E-state index contributed by atoms with van der Waals surface area (Å²) in [4.78, 5) is 45.6. The summed E-state index contributed by atoms with van der Waals surface area (Å²) in [7, 11) is 0. The molecule has 208 valence electrons. The van der Waals surface area contributed by atoms with Crippen LogP contribution in [0.5, 0.6) is 0 Å². The van der Waals surface area contributed by atoms with Gasteiger partial charge in [0.25, 0.3) is 0 Å². The predicted octanol–water partition coefficient (Wildman–Crippen LogP) is 7.33. The van der Waals surface area contributed by atoms with Crippen LogP contribution in [0.4, 0.5) is 18.9 Å². The van der Waals surface area contributed by atoms with Crippen LogP contribution in [0, 0.1) is 12.3 Å². The van der Waals surface area contributed by atoms with E-state index in [9.17, 15) is 27.6 Å². The minimum atomic E-state index is -4.57. The van der Waals surface area contributed by atoms with Crippen molar-refractivity contribution in [2.75, 3.05) is 4.90 Å². The van der Waals surface area contributed by atoms with Crippen molar-refractivity contribution in [2.24, 2.45) is 5.41 Å². The fraction of sp³-hybridized carbons (Fsp3) is 0.171. The molecule has 0 saturated carbocycles. The molecular formula is C35H24F3NO3. The summed E-state index contributed by atoms with van der Waals surface area (Å²) in [6.07, 6.45) is -0.911. The molecule has 0 radical (unpaired) electrons. The number of ketones is 3. The number of carbonyl (C=O) groups excluding carboxylic acids is 3. The number of aryl methyl sites for hydroxylation is 1. The lowest BCUT2D eigenvalue weighted by Gasteiger charge is -2.37. The maximum Gasteiger partial charge on any atom is 0.416 e. The largest absolute Gasteiger partial charge is 0.416 e. The summed E-state index contributed by atoms with van der Waals surface area (Å²) in [5, 5.41) is 0. The maximum absolute atomic E-state index is 14.6. The predicted molar refractivity (Wildman–Crippen MR) is 153 cm³/mol. The number of halogens is 3. The summed E-state index contributed by atoms with van der Waals surface area (Å²) in [6.45, 7) is 1.92. The molecule has 0 unspecified atom stereocenters. The van der Waals surface area contributed by atoms with E-state index in [1.54, 1.807) is 60.7 Å². The molecule has 3 atom stereocenters. The van der Waals surface area contributed by atoms with Crippen molar-refractivity contribution < 1.29 is 27.6 Å². The molecule has 1 saturated heterocycles. The first-order chi connectivity index (χ1) is 20.1. The zero-order valence-corrected chi connectivity index (χ0v) is 22.4. The van der Waals surface area contributed by atoms with E-state index in [1.807, 2.05) is 36.1 Å². The first-order valence-electron chi connectivity index (χ1n) is 13.7. The number of benzene rings is 4. The van der Waals surface area contributed by atoms with Gasteiger partial charge in [-0.25, -0.2) is 0 Å². The highest BCUT2D eigenvalue weighted by Crippen LogP contribution is 2.61. The minimum Gasteiger partial charge on any atom is -0.352 e. The number of fused-ring (bicyclic) bond motifs is 5. The van der Waals surface area contributed by atoms with Crippen LogP contribution in [0.1, 0.15) is 59.2 Å². The number of hydrogen-bond acceptors (Lipinski definition) is 4. The Morgan fingerprint density at radius 1 is 0.810 bits per heavy atom. The van der Waals surface area contributed by atoms with Gasteiger partial charge in [-0.3, -0.25) is 14.4 Å². The second kappa shape index (κ2) is 9.11. The number of alkyl halides is 3. The number of rotatable bonds is 3. The summed E-state index contributed by atoms with van der Waals surface area (Å²) < 4.78 is 40.8. The number of nitrogens with zero attached hydrogens (tertiary/aromatic N) is 1. The Morgan fingerprint density at radius 3 is 2.05 bits per heavy atom. The van der Waals surface area contributed by atoms with Gasteiger partial charge in [-0.05, 0) is 41.8 Å². The molecule has 0 N–H and O–H groups in total. The van der Waals surface area contributed by atoms with Crippen LogP contribution in [-0.4, -0.2) is 29.4 Å². The number of anilines is 1. The van der Waals surface area contributed by atoms with E-state index in [1.165, 1.54) is 12.1 Å². The molecule has 2 aliphatic heterocycles. The Hall–Kier alpha value is -4.78. The van der Waals surface area contributed by atoms with Gasteiger partial charge in [0.05, 0.1) is 11.6 Å². The third-order valence-corrected chi connectivity index (χ3v) is 8.89. The van der Waals surface area contributed by atoms with Crippen molar-refractivity contribution in [2.45, 2.75) is 31.1 Å². The first-order valence-corrected chi connectivity index (χ1v) is 13.7. The van der Waals surface area contributed by atoms with E-state index < -0.39 is 46.7 Å². The molecule has 42 heavy (non-hydrogen) atoms. The minimum absolute atomic E-state index is 0.260. The van der Waals surface area contributed by atoms with Crippen molar-refractivity contribution in [3.63, 3.8) is 0 Å². The normalized spacial score (nSPS) is 21.8. The van der Waals surface area contributed by atoms with Gasteiger partial charge in [-0.15, -0.1) is 0 Å². The van der Waals surface area contributed by atoms with Gasteiger partial charge in [-0.2, -0.15) is 13.2 Å². The highest BCUT2D eigenvalue weighted by molar-refractivity contribution is 6.32. The van der Waals surface area contributed by atoms with Crippen LogP contribution in [0.25, 0.3) is 6.08 Å². The second-order valence-electron chi connectivity index (χ2n) is 11.1. The van der Waals surface area contributed by atoms with Gasteiger partial charge in [0.2, 0.25) is 0 Å². The Kier molecular flexibility index (Phi) is 5.67. The maximum atomic E-state index is 14.6. The molecule has 4 nitrogen and oxygen atoms in total. The van der Waals surface area contributed by atoms with Gasteiger partial charge in [0.1, 0.15) is 11.5 Å². The zero-order chi connectivity index (χ0) is 29.4. The molecule has 0 bridgehead atoms. The first kappa shape index (κ1) is 26.1. The third kappa shape index (κ3) is 3.52. The highest BCUT2D eigenvalue weighted by Gasteiger charge is 2.71. The molecule has 1 aliphatic carbocycles. The van der Waals surface area contributed by atoms with E-state index in [0.29, 0.717) is 16.8 Å². The summed E-state index contributed by atoms with van der Waals surface area (Å²) in [5.74, 6) is -2.23. The molecule has 2 heterocycles.